The Morgan fingerprint density at radius 2 is 1.84 bits per heavy atom. The van der Waals surface area contributed by atoms with E-state index in [9.17, 15) is 9.18 Å². The van der Waals surface area contributed by atoms with E-state index >= 15 is 0 Å². The van der Waals surface area contributed by atoms with Crippen LogP contribution in [0.5, 0.6) is 0 Å². The maximum atomic E-state index is 13.6. The first kappa shape index (κ1) is 13.1. The molecule has 98 valence electrons. The summed E-state index contributed by atoms with van der Waals surface area (Å²) in [6.07, 6.45) is 0. The maximum Gasteiger partial charge on any atom is 0.256 e. The lowest BCUT2D eigenvalue weighted by molar-refractivity contribution is 0.102. The molecule has 0 aliphatic rings. The van der Waals surface area contributed by atoms with E-state index in [4.69, 9.17) is 5.73 Å². The summed E-state index contributed by atoms with van der Waals surface area (Å²) in [6, 6.07) is 9.72. The summed E-state index contributed by atoms with van der Waals surface area (Å²) in [4.78, 5) is 12.2. The first-order chi connectivity index (χ1) is 9.00. The minimum atomic E-state index is -0.543. The van der Waals surface area contributed by atoms with Gasteiger partial charge in [-0.05, 0) is 43.2 Å². The van der Waals surface area contributed by atoms with Gasteiger partial charge in [-0.3, -0.25) is 4.79 Å². The van der Waals surface area contributed by atoms with Crippen molar-refractivity contribution in [1.29, 1.82) is 0 Å². The van der Waals surface area contributed by atoms with E-state index in [1.807, 2.05) is 19.9 Å². The second-order valence-corrected chi connectivity index (χ2v) is 4.41. The van der Waals surface area contributed by atoms with E-state index in [1.54, 1.807) is 18.2 Å². The number of hydrogen-bond donors (Lipinski definition) is 2. The largest absolute Gasteiger partial charge is 0.397 e. The highest BCUT2D eigenvalue weighted by Gasteiger charge is 2.14. The molecule has 2 rings (SSSR count). The van der Waals surface area contributed by atoms with E-state index < -0.39 is 5.82 Å². The molecule has 0 aliphatic heterocycles. The molecule has 0 atom stereocenters. The van der Waals surface area contributed by atoms with Crippen LogP contribution in [0.2, 0.25) is 0 Å². The predicted octanol–water partition coefficient (Wildman–Crippen LogP) is 3.28. The van der Waals surface area contributed by atoms with Gasteiger partial charge in [-0.2, -0.15) is 0 Å². The van der Waals surface area contributed by atoms with E-state index in [1.165, 1.54) is 12.1 Å². The fourth-order valence-electron chi connectivity index (χ4n) is 1.85. The topological polar surface area (TPSA) is 55.1 Å². The molecule has 0 saturated heterocycles. The standard InChI is InChI=1S/C15H15FN2O/c1-9-5-3-6-11(10(9)2)15(19)18-14-12(16)7-4-8-13(14)17/h3-8H,17H2,1-2H3,(H,18,19). The Balaban J connectivity index is 2.34. The van der Waals surface area contributed by atoms with Crippen molar-refractivity contribution in [3.8, 4) is 0 Å². The first-order valence-electron chi connectivity index (χ1n) is 5.92. The second-order valence-electron chi connectivity index (χ2n) is 4.41. The number of anilines is 2. The van der Waals surface area contributed by atoms with Crippen molar-refractivity contribution in [2.75, 3.05) is 11.1 Å². The van der Waals surface area contributed by atoms with Gasteiger partial charge in [0.25, 0.3) is 5.91 Å². The molecule has 0 fully saturated rings. The number of benzene rings is 2. The highest BCUT2D eigenvalue weighted by molar-refractivity contribution is 6.06. The van der Waals surface area contributed by atoms with Crippen LogP contribution in [0.4, 0.5) is 15.8 Å². The number of nitrogens with two attached hydrogens (primary N) is 1. The molecule has 3 N–H and O–H groups in total. The third-order valence-corrected chi connectivity index (χ3v) is 3.13. The fourth-order valence-corrected chi connectivity index (χ4v) is 1.85. The molecule has 2 aromatic rings. The Morgan fingerprint density at radius 3 is 2.53 bits per heavy atom. The molecule has 0 unspecified atom stereocenters. The smallest absolute Gasteiger partial charge is 0.256 e. The van der Waals surface area contributed by atoms with Crippen LogP contribution in [0.15, 0.2) is 36.4 Å². The van der Waals surface area contributed by atoms with Crippen LogP contribution >= 0.6 is 0 Å². The Kier molecular flexibility index (Phi) is 3.51. The number of para-hydroxylation sites is 1. The third-order valence-electron chi connectivity index (χ3n) is 3.13. The van der Waals surface area contributed by atoms with Gasteiger partial charge in [-0.15, -0.1) is 0 Å². The number of hydrogen-bond acceptors (Lipinski definition) is 2. The molecule has 3 nitrogen and oxygen atoms in total. The number of carbonyl (C=O) groups excluding carboxylic acids is 1. The SMILES string of the molecule is Cc1cccc(C(=O)Nc2c(N)cccc2F)c1C. The molecular weight excluding hydrogens is 243 g/mol. The van der Waals surface area contributed by atoms with Crippen LogP contribution in [0.3, 0.4) is 0 Å². The summed E-state index contributed by atoms with van der Waals surface area (Å²) < 4.78 is 13.6. The Bertz CT molecular complexity index is 618. The van der Waals surface area contributed by atoms with E-state index in [-0.39, 0.29) is 17.3 Å². The van der Waals surface area contributed by atoms with Crippen molar-refractivity contribution < 1.29 is 9.18 Å². The van der Waals surface area contributed by atoms with Gasteiger partial charge in [-0.1, -0.05) is 18.2 Å². The van der Waals surface area contributed by atoms with E-state index in [0.29, 0.717) is 5.56 Å². The van der Waals surface area contributed by atoms with Crippen molar-refractivity contribution in [3.05, 3.63) is 58.9 Å². The zero-order valence-corrected chi connectivity index (χ0v) is 10.8. The van der Waals surface area contributed by atoms with Crippen LogP contribution < -0.4 is 11.1 Å². The average molecular weight is 258 g/mol. The van der Waals surface area contributed by atoms with Gasteiger partial charge >= 0.3 is 0 Å². The van der Waals surface area contributed by atoms with E-state index in [0.717, 1.165) is 11.1 Å². The first-order valence-corrected chi connectivity index (χ1v) is 5.92. The summed E-state index contributed by atoms with van der Waals surface area (Å²) in [5.74, 6) is -0.906. The quantitative estimate of drug-likeness (QED) is 0.812. The molecule has 19 heavy (non-hydrogen) atoms. The summed E-state index contributed by atoms with van der Waals surface area (Å²) >= 11 is 0. The van der Waals surface area contributed by atoms with Gasteiger partial charge in [0.1, 0.15) is 11.5 Å². The number of halogens is 1. The molecule has 0 saturated carbocycles. The number of aryl methyl sites for hydroxylation is 1. The molecule has 2 aromatic carbocycles. The zero-order chi connectivity index (χ0) is 14.0. The van der Waals surface area contributed by atoms with Crippen LogP contribution in [0, 0.1) is 19.7 Å². The second kappa shape index (κ2) is 5.10. The van der Waals surface area contributed by atoms with Gasteiger partial charge in [0.2, 0.25) is 0 Å². The average Bonchev–Trinajstić information content (AvgIpc) is 2.37. The van der Waals surface area contributed by atoms with Crippen molar-refractivity contribution in [2.45, 2.75) is 13.8 Å². The molecule has 0 heterocycles. The zero-order valence-electron chi connectivity index (χ0n) is 10.8. The minimum absolute atomic E-state index is 0.0217. The molecule has 0 aliphatic carbocycles. The lowest BCUT2D eigenvalue weighted by atomic mass is 10.0. The normalized spacial score (nSPS) is 10.3. The number of nitrogens with one attached hydrogen (secondary N) is 1. The van der Waals surface area contributed by atoms with E-state index in [2.05, 4.69) is 5.32 Å². The molecule has 0 bridgehead atoms. The Hall–Kier alpha value is -2.36. The molecule has 0 aromatic heterocycles. The summed E-state index contributed by atoms with van der Waals surface area (Å²) in [5.41, 5.74) is 8.28. The van der Waals surface area contributed by atoms with Crippen molar-refractivity contribution in [3.63, 3.8) is 0 Å². The van der Waals surface area contributed by atoms with Gasteiger partial charge < -0.3 is 11.1 Å². The lowest BCUT2D eigenvalue weighted by Crippen LogP contribution is -2.16. The minimum Gasteiger partial charge on any atom is -0.397 e. The number of nitrogen functional groups attached to an aromatic ring is 1. The van der Waals surface area contributed by atoms with Crippen LogP contribution in [-0.4, -0.2) is 5.91 Å². The Morgan fingerprint density at radius 1 is 1.16 bits per heavy atom. The molecule has 0 spiro atoms. The van der Waals surface area contributed by atoms with Gasteiger partial charge in [0.05, 0.1) is 5.69 Å². The lowest BCUT2D eigenvalue weighted by Gasteiger charge is -2.11. The number of rotatable bonds is 2. The molecule has 0 radical (unpaired) electrons. The molecular formula is C15H15FN2O. The van der Waals surface area contributed by atoms with Gasteiger partial charge in [-0.25, -0.2) is 4.39 Å². The van der Waals surface area contributed by atoms with Gasteiger partial charge in [0, 0.05) is 5.56 Å². The highest BCUT2D eigenvalue weighted by atomic mass is 19.1. The van der Waals surface area contributed by atoms with Crippen LogP contribution in [0.1, 0.15) is 21.5 Å². The summed E-state index contributed by atoms with van der Waals surface area (Å²) in [7, 11) is 0. The van der Waals surface area contributed by atoms with Crippen LogP contribution in [0.25, 0.3) is 0 Å². The predicted molar refractivity (Wildman–Crippen MR) is 74.7 cm³/mol. The van der Waals surface area contributed by atoms with Crippen molar-refractivity contribution in [2.24, 2.45) is 0 Å². The summed E-state index contributed by atoms with van der Waals surface area (Å²) in [5, 5.41) is 2.52. The molecule has 4 heteroatoms. The van der Waals surface area contributed by atoms with Crippen LogP contribution in [-0.2, 0) is 0 Å². The van der Waals surface area contributed by atoms with Crippen molar-refractivity contribution >= 4 is 17.3 Å². The monoisotopic (exact) mass is 258 g/mol. The number of carbonyl (C=O) groups is 1. The maximum absolute atomic E-state index is 13.6. The third kappa shape index (κ3) is 2.57. The Labute approximate surface area is 111 Å². The van der Waals surface area contributed by atoms with Crippen molar-refractivity contribution in [1.82, 2.24) is 0 Å². The van der Waals surface area contributed by atoms with Gasteiger partial charge in [0.15, 0.2) is 0 Å². The molecule has 1 amide bonds. The highest BCUT2D eigenvalue weighted by Crippen LogP contribution is 2.23. The number of amides is 1. The summed E-state index contributed by atoms with van der Waals surface area (Å²) in [6.45, 7) is 3.78. The fraction of sp³-hybridized carbons (Fsp3) is 0.133.